The van der Waals surface area contributed by atoms with Crippen molar-refractivity contribution in [3.05, 3.63) is 35.6 Å². The third-order valence-electron chi connectivity index (χ3n) is 3.73. The zero-order valence-electron chi connectivity index (χ0n) is 12.1. The van der Waals surface area contributed by atoms with E-state index in [4.69, 9.17) is 9.47 Å². The van der Waals surface area contributed by atoms with E-state index in [1.54, 1.807) is 19.2 Å². The molecule has 0 saturated carbocycles. The SMILES string of the molecule is COCCCOC(c1cccc(F)c1)[C@@H]1CCCNC1. The van der Waals surface area contributed by atoms with Crippen molar-refractivity contribution >= 4 is 0 Å². The van der Waals surface area contributed by atoms with Gasteiger partial charge in [-0.15, -0.1) is 0 Å². The van der Waals surface area contributed by atoms with Crippen molar-refractivity contribution < 1.29 is 13.9 Å². The molecule has 1 aliphatic heterocycles. The fraction of sp³-hybridized carbons (Fsp3) is 0.625. The number of hydrogen-bond acceptors (Lipinski definition) is 3. The number of piperidine rings is 1. The van der Waals surface area contributed by atoms with Gasteiger partial charge in [-0.05, 0) is 43.5 Å². The highest BCUT2D eigenvalue weighted by molar-refractivity contribution is 5.20. The molecule has 1 heterocycles. The topological polar surface area (TPSA) is 30.5 Å². The summed E-state index contributed by atoms with van der Waals surface area (Å²) in [7, 11) is 1.69. The minimum Gasteiger partial charge on any atom is -0.385 e. The Balaban J connectivity index is 2.02. The predicted molar refractivity (Wildman–Crippen MR) is 77.2 cm³/mol. The average Bonchev–Trinajstić information content (AvgIpc) is 2.48. The van der Waals surface area contributed by atoms with Crippen LogP contribution in [0.3, 0.4) is 0 Å². The van der Waals surface area contributed by atoms with Crippen LogP contribution in [0.5, 0.6) is 0 Å². The van der Waals surface area contributed by atoms with Crippen molar-refractivity contribution in [2.75, 3.05) is 33.4 Å². The summed E-state index contributed by atoms with van der Waals surface area (Å²) < 4.78 is 24.5. The van der Waals surface area contributed by atoms with Crippen LogP contribution in [0.1, 0.15) is 30.9 Å². The van der Waals surface area contributed by atoms with Crippen molar-refractivity contribution in [3.63, 3.8) is 0 Å². The van der Waals surface area contributed by atoms with Crippen LogP contribution in [0.25, 0.3) is 0 Å². The average molecular weight is 281 g/mol. The van der Waals surface area contributed by atoms with Gasteiger partial charge in [-0.3, -0.25) is 0 Å². The third kappa shape index (κ3) is 4.54. The second kappa shape index (κ2) is 8.35. The van der Waals surface area contributed by atoms with Gasteiger partial charge in [0.15, 0.2) is 0 Å². The maximum absolute atomic E-state index is 13.4. The Bertz CT molecular complexity index is 394. The number of benzene rings is 1. The first-order chi connectivity index (χ1) is 9.81. The number of halogens is 1. The second-order valence-electron chi connectivity index (χ2n) is 5.30. The molecule has 3 nitrogen and oxygen atoms in total. The molecule has 1 saturated heterocycles. The van der Waals surface area contributed by atoms with E-state index in [1.165, 1.54) is 6.07 Å². The summed E-state index contributed by atoms with van der Waals surface area (Å²) in [6, 6.07) is 6.78. The normalized spacial score (nSPS) is 20.8. The molecule has 1 aliphatic rings. The minimum absolute atomic E-state index is 0.0321. The molecule has 1 aromatic carbocycles. The van der Waals surface area contributed by atoms with Gasteiger partial charge < -0.3 is 14.8 Å². The Morgan fingerprint density at radius 2 is 2.30 bits per heavy atom. The predicted octanol–water partition coefficient (Wildman–Crippen LogP) is 2.92. The number of methoxy groups -OCH3 is 1. The van der Waals surface area contributed by atoms with Crippen molar-refractivity contribution in [1.29, 1.82) is 0 Å². The molecular formula is C16H24FNO2. The highest BCUT2D eigenvalue weighted by Gasteiger charge is 2.25. The molecule has 1 unspecified atom stereocenters. The molecule has 1 aromatic rings. The Morgan fingerprint density at radius 1 is 1.40 bits per heavy atom. The molecule has 0 bridgehead atoms. The molecule has 0 aliphatic carbocycles. The van der Waals surface area contributed by atoms with Gasteiger partial charge in [-0.2, -0.15) is 0 Å². The molecule has 0 spiro atoms. The van der Waals surface area contributed by atoms with Gasteiger partial charge in [0.25, 0.3) is 0 Å². The Hall–Kier alpha value is -0.970. The Kier molecular flexibility index (Phi) is 6.43. The lowest BCUT2D eigenvalue weighted by molar-refractivity contribution is -0.00517. The first-order valence-electron chi connectivity index (χ1n) is 7.38. The van der Waals surface area contributed by atoms with Crippen LogP contribution >= 0.6 is 0 Å². The Morgan fingerprint density at radius 3 is 3.00 bits per heavy atom. The van der Waals surface area contributed by atoms with Crippen LogP contribution in [0.4, 0.5) is 4.39 Å². The lowest BCUT2D eigenvalue weighted by Crippen LogP contribution is -2.34. The van der Waals surface area contributed by atoms with Crippen molar-refractivity contribution in [3.8, 4) is 0 Å². The number of nitrogens with one attached hydrogen (secondary N) is 1. The monoisotopic (exact) mass is 281 g/mol. The van der Waals surface area contributed by atoms with Gasteiger partial charge in [0.05, 0.1) is 6.10 Å². The molecule has 0 radical (unpaired) electrons. The van der Waals surface area contributed by atoms with Gasteiger partial charge in [0, 0.05) is 32.8 Å². The van der Waals surface area contributed by atoms with E-state index in [-0.39, 0.29) is 11.9 Å². The summed E-state index contributed by atoms with van der Waals surface area (Å²) >= 11 is 0. The van der Waals surface area contributed by atoms with Crippen LogP contribution in [-0.4, -0.2) is 33.4 Å². The summed E-state index contributed by atoms with van der Waals surface area (Å²) in [4.78, 5) is 0. The smallest absolute Gasteiger partial charge is 0.123 e. The number of ether oxygens (including phenoxy) is 2. The van der Waals surface area contributed by atoms with Crippen molar-refractivity contribution in [2.24, 2.45) is 5.92 Å². The van der Waals surface area contributed by atoms with Gasteiger partial charge in [0.2, 0.25) is 0 Å². The molecule has 2 rings (SSSR count). The van der Waals surface area contributed by atoms with Crippen LogP contribution < -0.4 is 5.32 Å². The fourth-order valence-electron chi connectivity index (χ4n) is 2.74. The lowest BCUT2D eigenvalue weighted by Gasteiger charge is -2.31. The van der Waals surface area contributed by atoms with Gasteiger partial charge in [-0.1, -0.05) is 12.1 Å². The molecule has 112 valence electrons. The maximum Gasteiger partial charge on any atom is 0.123 e. The van der Waals surface area contributed by atoms with Gasteiger partial charge >= 0.3 is 0 Å². The van der Waals surface area contributed by atoms with Gasteiger partial charge in [-0.25, -0.2) is 4.39 Å². The third-order valence-corrected chi connectivity index (χ3v) is 3.73. The highest BCUT2D eigenvalue weighted by atomic mass is 19.1. The minimum atomic E-state index is -0.197. The molecule has 1 N–H and O–H groups in total. The molecular weight excluding hydrogens is 257 g/mol. The second-order valence-corrected chi connectivity index (χ2v) is 5.30. The van der Waals surface area contributed by atoms with Crippen LogP contribution in [0.15, 0.2) is 24.3 Å². The van der Waals surface area contributed by atoms with E-state index in [9.17, 15) is 4.39 Å². The molecule has 0 amide bonds. The van der Waals surface area contributed by atoms with Crippen molar-refractivity contribution in [2.45, 2.75) is 25.4 Å². The summed E-state index contributed by atoms with van der Waals surface area (Å²) in [6.07, 6.45) is 3.11. The van der Waals surface area contributed by atoms with E-state index in [0.717, 1.165) is 37.9 Å². The highest BCUT2D eigenvalue weighted by Crippen LogP contribution is 2.31. The van der Waals surface area contributed by atoms with Crippen LogP contribution in [0, 0.1) is 11.7 Å². The standard InChI is InChI=1S/C16H24FNO2/c1-19-9-4-10-20-16(14-6-3-8-18-12-14)13-5-2-7-15(17)11-13/h2,5,7,11,14,16,18H,3-4,6,8-10,12H2,1H3/t14-,16?/m1/s1. The first kappa shape index (κ1) is 15.4. The molecule has 4 heteroatoms. The first-order valence-corrected chi connectivity index (χ1v) is 7.38. The maximum atomic E-state index is 13.4. The number of rotatable bonds is 7. The van der Waals surface area contributed by atoms with E-state index in [2.05, 4.69) is 5.32 Å². The Labute approximate surface area is 120 Å². The van der Waals surface area contributed by atoms with E-state index >= 15 is 0 Å². The summed E-state index contributed by atoms with van der Waals surface area (Å²) in [5.74, 6) is 0.213. The van der Waals surface area contributed by atoms with E-state index in [0.29, 0.717) is 19.1 Å². The number of hydrogen-bond donors (Lipinski definition) is 1. The molecule has 0 aromatic heterocycles. The summed E-state index contributed by atoms with van der Waals surface area (Å²) in [5, 5.41) is 3.40. The quantitative estimate of drug-likeness (QED) is 0.780. The molecule has 2 atom stereocenters. The molecule has 1 fully saturated rings. The zero-order valence-corrected chi connectivity index (χ0v) is 12.1. The van der Waals surface area contributed by atoms with E-state index in [1.807, 2.05) is 6.07 Å². The zero-order chi connectivity index (χ0) is 14.2. The largest absolute Gasteiger partial charge is 0.385 e. The molecule has 20 heavy (non-hydrogen) atoms. The van der Waals surface area contributed by atoms with E-state index < -0.39 is 0 Å². The summed E-state index contributed by atoms with van der Waals surface area (Å²) in [6.45, 7) is 3.34. The fourth-order valence-corrected chi connectivity index (χ4v) is 2.74. The van der Waals surface area contributed by atoms with Crippen molar-refractivity contribution in [1.82, 2.24) is 5.32 Å². The summed E-state index contributed by atoms with van der Waals surface area (Å²) in [5.41, 5.74) is 0.941. The lowest BCUT2D eigenvalue weighted by atomic mass is 9.89. The van der Waals surface area contributed by atoms with Crippen LogP contribution in [0.2, 0.25) is 0 Å². The van der Waals surface area contributed by atoms with Crippen LogP contribution in [-0.2, 0) is 9.47 Å². The van der Waals surface area contributed by atoms with Gasteiger partial charge in [0.1, 0.15) is 5.82 Å².